The average molecular weight is 430 g/mol. The number of hydrogen-bond donors (Lipinski definition) is 2. The van der Waals surface area contributed by atoms with Gasteiger partial charge in [-0.15, -0.1) is 0 Å². The summed E-state index contributed by atoms with van der Waals surface area (Å²) in [7, 11) is 0. The Balaban J connectivity index is 1.53. The number of amides is 3. The molecule has 0 saturated heterocycles. The van der Waals surface area contributed by atoms with Crippen LogP contribution < -0.4 is 20.3 Å². The molecule has 2 N–H and O–H groups in total. The molecule has 3 amide bonds. The first-order chi connectivity index (χ1) is 15.7. The van der Waals surface area contributed by atoms with Gasteiger partial charge in [-0.2, -0.15) is 0 Å². The molecule has 0 aliphatic carbocycles. The number of hydrogen-bond acceptors (Lipinski definition) is 3. The molecule has 1 atom stereocenters. The SMILES string of the molecule is CCOc1ccccc1NC(=O)NC(Cc1ccccc1)C(=O)N1CCc2ccccc21. The molecule has 1 heterocycles. The third-order valence-electron chi connectivity index (χ3n) is 5.47. The maximum absolute atomic E-state index is 13.5. The van der Waals surface area contributed by atoms with Gasteiger partial charge in [0.05, 0.1) is 12.3 Å². The lowest BCUT2D eigenvalue weighted by atomic mass is 10.0. The minimum Gasteiger partial charge on any atom is -0.492 e. The van der Waals surface area contributed by atoms with E-state index in [-0.39, 0.29) is 5.91 Å². The summed E-state index contributed by atoms with van der Waals surface area (Å²) in [5, 5.41) is 5.72. The molecule has 0 radical (unpaired) electrons. The number of nitrogens with zero attached hydrogens (tertiary/aromatic N) is 1. The Kier molecular flexibility index (Phi) is 6.70. The van der Waals surface area contributed by atoms with E-state index in [4.69, 9.17) is 4.74 Å². The molecule has 32 heavy (non-hydrogen) atoms. The number of para-hydroxylation sites is 3. The van der Waals surface area contributed by atoms with Gasteiger partial charge >= 0.3 is 6.03 Å². The Morgan fingerprint density at radius 2 is 1.69 bits per heavy atom. The van der Waals surface area contributed by atoms with E-state index in [2.05, 4.69) is 10.6 Å². The normalized spacial score (nSPS) is 13.2. The summed E-state index contributed by atoms with van der Waals surface area (Å²) in [5.74, 6) is 0.469. The quantitative estimate of drug-likeness (QED) is 0.585. The number of anilines is 2. The summed E-state index contributed by atoms with van der Waals surface area (Å²) >= 11 is 0. The van der Waals surface area contributed by atoms with Crippen molar-refractivity contribution < 1.29 is 14.3 Å². The van der Waals surface area contributed by atoms with E-state index >= 15 is 0 Å². The predicted octanol–water partition coefficient (Wildman–Crippen LogP) is 4.41. The smallest absolute Gasteiger partial charge is 0.320 e. The van der Waals surface area contributed by atoms with E-state index in [0.29, 0.717) is 31.0 Å². The van der Waals surface area contributed by atoms with E-state index in [1.165, 1.54) is 0 Å². The van der Waals surface area contributed by atoms with E-state index in [9.17, 15) is 9.59 Å². The number of carbonyl (C=O) groups excluding carboxylic acids is 2. The number of nitrogens with one attached hydrogen (secondary N) is 2. The summed E-state index contributed by atoms with van der Waals surface area (Å²) in [5.41, 5.74) is 3.60. The fourth-order valence-corrected chi connectivity index (χ4v) is 3.97. The summed E-state index contributed by atoms with van der Waals surface area (Å²) in [4.78, 5) is 28.2. The monoisotopic (exact) mass is 429 g/mol. The van der Waals surface area contributed by atoms with Gasteiger partial charge in [0.2, 0.25) is 5.91 Å². The standard InChI is InChI=1S/C26H27N3O3/c1-2-32-24-15-9-7-13-21(24)27-26(31)28-22(18-19-10-4-3-5-11-19)25(30)29-17-16-20-12-6-8-14-23(20)29/h3-15,22H,2,16-18H2,1H3,(H2,27,28,31). The molecule has 3 aromatic carbocycles. The van der Waals surface area contributed by atoms with Crippen LogP contribution >= 0.6 is 0 Å². The highest BCUT2D eigenvalue weighted by Crippen LogP contribution is 2.28. The first-order valence-electron chi connectivity index (χ1n) is 10.9. The fourth-order valence-electron chi connectivity index (χ4n) is 3.97. The Labute approximate surface area is 188 Å². The van der Waals surface area contributed by atoms with Crippen molar-refractivity contribution in [3.05, 3.63) is 90.0 Å². The molecule has 0 fully saturated rings. The van der Waals surface area contributed by atoms with Crippen molar-refractivity contribution in [3.63, 3.8) is 0 Å². The van der Waals surface area contributed by atoms with Gasteiger partial charge < -0.3 is 20.3 Å². The molecule has 1 unspecified atom stereocenters. The highest BCUT2D eigenvalue weighted by molar-refractivity contribution is 6.02. The van der Waals surface area contributed by atoms with Gasteiger partial charge in [0.15, 0.2) is 0 Å². The Morgan fingerprint density at radius 1 is 0.969 bits per heavy atom. The average Bonchev–Trinajstić information content (AvgIpc) is 3.24. The van der Waals surface area contributed by atoms with Crippen molar-refractivity contribution in [3.8, 4) is 5.75 Å². The molecule has 1 aliphatic heterocycles. The second-order valence-electron chi connectivity index (χ2n) is 7.64. The summed E-state index contributed by atoms with van der Waals surface area (Å²) in [6, 6.07) is 23.7. The highest BCUT2D eigenvalue weighted by Gasteiger charge is 2.31. The van der Waals surface area contributed by atoms with Crippen LogP contribution in [0.3, 0.4) is 0 Å². The lowest BCUT2D eigenvalue weighted by molar-refractivity contribution is -0.120. The number of ether oxygens (including phenoxy) is 1. The van der Waals surface area contributed by atoms with Crippen LogP contribution in [0.25, 0.3) is 0 Å². The maximum atomic E-state index is 13.5. The predicted molar refractivity (Wildman–Crippen MR) is 126 cm³/mol. The van der Waals surface area contributed by atoms with Crippen LogP contribution in [-0.4, -0.2) is 31.1 Å². The van der Waals surface area contributed by atoms with E-state index in [0.717, 1.165) is 23.2 Å². The summed E-state index contributed by atoms with van der Waals surface area (Å²) in [6.45, 7) is 2.99. The number of urea groups is 1. The zero-order valence-electron chi connectivity index (χ0n) is 18.1. The van der Waals surface area contributed by atoms with Crippen molar-refractivity contribution in [2.45, 2.75) is 25.8 Å². The van der Waals surface area contributed by atoms with Crippen molar-refractivity contribution in [1.82, 2.24) is 5.32 Å². The van der Waals surface area contributed by atoms with Crippen LogP contribution in [-0.2, 0) is 17.6 Å². The van der Waals surface area contributed by atoms with E-state index in [1.54, 1.807) is 17.0 Å². The molecule has 6 heteroatoms. The number of rotatable bonds is 7. The molecule has 164 valence electrons. The molecular formula is C26H27N3O3. The first-order valence-corrected chi connectivity index (χ1v) is 10.9. The van der Waals surface area contributed by atoms with Crippen LogP contribution in [0.1, 0.15) is 18.1 Å². The Hall–Kier alpha value is -3.80. The third kappa shape index (κ3) is 4.91. The van der Waals surface area contributed by atoms with Gasteiger partial charge in [0.25, 0.3) is 0 Å². The Bertz CT molecular complexity index is 1080. The van der Waals surface area contributed by atoms with Gasteiger partial charge in [-0.05, 0) is 42.7 Å². The second kappa shape index (κ2) is 10.0. The lowest BCUT2D eigenvalue weighted by Crippen LogP contribution is -2.50. The summed E-state index contributed by atoms with van der Waals surface area (Å²) < 4.78 is 5.59. The maximum Gasteiger partial charge on any atom is 0.320 e. The molecule has 6 nitrogen and oxygen atoms in total. The van der Waals surface area contributed by atoms with Crippen molar-refractivity contribution in [1.29, 1.82) is 0 Å². The van der Waals surface area contributed by atoms with Crippen molar-refractivity contribution in [2.75, 3.05) is 23.4 Å². The molecule has 0 spiro atoms. The largest absolute Gasteiger partial charge is 0.492 e. The minimum atomic E-state index is -0.706. The molecule has 0 bridgehead atoms. The van der Waals surface area contributed by atoms with Crippen LogP contribution in [0, 0.1) is 0 Å². The molecule has 0 aromatic heterocycles. The molecule has 3 aromatic rings. The van der Waals surface area contributed by atoms with Gasteiger partial charge in [0.1, 0.15) is 11.8 Å². The lowest BCUT2D eigenvalue weighted by Gasteiger charge is -2.25. The second-order valence-corrected chi connectivity index (χ2v) is 7.64. The first kappa shape index (κ1) is 21.4. The molecule has 1 aliphatic rings. The van der Waals surface area contributed by atoms with E-state index < -0.39 is 12.1 Å². The minimum absolute atomic E-state index is 0.118. The van der Waals surface area contributed by atoms with Crippen LogP contribution in [0.5, 0.6) is 5.75 Å². The topological polar surface area (TPSA) is 70.7 Å². The number of benzene rings is 3. The van der Waals surface area contributed by atoms with Crippen molar-refractivity contribution >= 4 is 23.3 Å². The van der Waals surface area contributed by atoms with Crippen LogP contribution in [0.4, 0.5) is 16.2 Å². The third-order valence-corrected chi connectivity index (χ3v) is 5.47. The highest BCUT2D eigenvalue weighted by atomic mass is 16.5. The van der Waals surface area contributed by atoms with Gasteiger partial charge in [-0.25, -0.2) is 4.79 Å². The zero-order valence-corrected chi connectivity index (χ0v) is 18.1. The molecular weight excluding hydrogens is 402 g/mol. The zero-order chi connectivity index (χ0) is 22.3. The molecule has 0 saturated carbocycles. The number of carbonyl (C=O) groups is 2. The van der Waals surface area contributed by atoms with Gasteiger partial charge in [0, 0.05) is 18.7 Å². The van der Waals surface area contributed by atoms with Crippen LogP contribution in [0.15, 0.2) is 78.9 Å². The van der Waals surface area contributed by atoms with Crippen LogP contribution in [0.2, 0.25) is 0 Å². The van der Waals surface area contributed by atoms with Gasteiger partial charge in [-0.1, -0.05) is 60.7 Å². The summed E-state index contributed by atoms with van der Waals surface area (Å²) in [6.07, 6.45) is 1.22. The number of fused-ring (bicyclic) bond motifs is 1. The molecule has 4 rings (SSSR count). The fraction of sp³-hybridized carbons (Fsp3) is 0.231. The Morgan fingerprint density at radius 3 is 2.50 bits per heavy atom. The van der Waals surface area contributed by atoms with Gasteiger partial charge in [-0.3, -0.25) is 4.79 Å². The van der Waals surface area contributed by atoms with Crippen molar-refractivity contribution in [2.24, 2.45) is 0 Å². The van der Waals surface area contributed by atoms with E-state index in [1.807, 2.05) is 73.7 Å².